The second-order valence-corrected chi connectivity index (χ2v) is 13.1. The maximum atomic E-state index is 13.9. The Labute approximate surface area is 233 Å². The number of nitrogens with one attached hydrogen (secondary N) is 3. The molecule has 1 saturated carbocycles. The lowest BCUT2D eigenvalue weighted by Crippen LogP contribution is -2.63. The molecular formula is C27H44F3N5O5. The Balaban J connectivity index is 2.31. The molecule has 2 fully saturated rings. The molecule has 2 rings (SSSR count). The number of amides is 5. The topological polar surface area (TPSA) is 151 Å². The van der Waals surface area contributed by atoms with E-state index in [1.54, 1.807) is 20.8 Å². The highest BCUT2D eigenvalue weighted by Crippen LogP contribution is 2.34. The molecule has 5 amide bonds. The largest absolute Gasteiger partial charge is 0.411 e. The maximum Gasteiger partial charge on any atom is 0.411 e. The highest BCUT2D eigenvalue weighted by atomic mass is 19.4. The van der Waals surface area contributed by atoms with E-state index in [-0.39, 0.29) is 37.1 Å². The van der Waals surface area contributed by atoms with Crippen molar-refractivity contribution in [2.24, 2.45) is 28.9 Å². The number of carbonyl (C=O) groups excluding carboxylic acids is 5. The lowest BCUT2D eigenvalue weighted by atomic mass is 9.80. The van der Waals surface area contributed by atoms with E-state index in [1.165, 1.54) is 4.90 Å². The Hall–Kier alpha value is -2.86. The first-order chi connectivity index (χ1) is 18.2. The summed E-state index contributed by atoms with van der Waals surface area (Å²) >= 11 is 0. The first kappa shape index (κ1) is 33.3. The third-order valence-corrected chi connectivity index (χ3v) is 8.05. The lowest BCUT2D eigenvalue weighted by Gasteiger charge is -2.37. The van der Waals surface area contributed by atoms with Gasteiger partial charge in [0.2, 0.25) is 17.6 Å². The van der Waals surface area contributed by atoms with Crippen LogP contribution in [0.5, 0.6) is 0 Å². The summed E-state index contributed by atoms with van der Waals surface area (Å²) < 4.78 is 40.0. The number of hydrogen-bond acceptors (Lipinski definition) is 5. The number of nitrogens with two attached hydrogens (primary N) is 1. The van der Waals surface area contributed by atoms with Crippen LogP contribution >= 0.6 is 0 Å². The van der Waals surface area contributed by atoms with Gasteiger partial charge in [0.05, 0.1) is 6.04 Å². The van der Waals surface area contributed by atoms with Crippen LogP contribution in [0.1, 0.15) is 80.6 Å². The number of carbonyl (C=O) groups is 5. The number of nitrogens with zero attached hydrogens (tertiary/aromatic N) is 1. The van der Waals surface area contributed by atoms with Crippen molar-refractivity contribution < 1.29 is 37.1 Å². The van der Waals surface area contributed by atoms with Crippen molar-refractivity contribution in [3.8, 4) is 0 Å². The molecule has 1 unspecified atom stereocenters. The molecule has 1 saturated heterocycles. The smallest absolute Gasteiger partial charge is 0.363 e. The van der Waals surface area contributed by atoms with Crippen LogP contribution < -0.4 is 21.7 Å². The van der Waals surface area contributed by atoms with Crippen LogP contribution in [-0.4, -0.2) is 70.8 Å². The molecule has 10 nitrogen and oxygen atoms in total. The molecule has 1 aliphatic carbocycles. The number of halogens is 3. The minimum atomic E-state index is -4.73. The van der Waals surface area contributed by atoms with Gasteiger partial charge < -0.3 is 26.6 Å². The molecule has 4 atom stereocenters. The molecule has 40 heavy (non-hydrogen) atoms. The molecule has 13 heteroatoms. The van der Waals surface area contributed by atoms with Gasteiger partial charge in [-0.1, -0.05) is 53.9 Å². The molecule has 0 aromatic carbocycles. The first-order valence-corrected chi connectivity index (χ1v) is 13.8. The molecule has 1 aliphatic heterocycles. The molecule has 0 spiro atoms. The Morgan fingerprint density at radius 1 is 0.975 bits per heavy atom. The third-order valence-electron chi connectivity index (χ3n) is 8.05. The predicted molar refractivity (Wildman–Crippen MR) is 142 cm³/mol. The monoisotopic (exact) mass is 575 g/mol. The Bertz CT molecular complexity index is 988. The zero-order valence-corrected chi connectivity index (χ0v) is 24.4. The van der Waals surface area contributed by atoms with Gasteiger partial charge in [-0.2, -0.15) is 13.2 Å². The molecule has 0 aromatic rings. The summed E-state index contributed by atoms with van der Waals surface area (Å²) in [5, 5.41) is 6.91. The second kappa shape index (κ2) is 12.3. The SMILES string of the molecule is CC(C)[C@@H]1C[C@@H](C(=O)NC(CC2CCC2)C(=O)C(N)=O)N(C(=O)[C@@H](NC(=O)NC(C)(C)C(F)(F)F)C(C)(C)C)C1. The fraction of sp³-hybridized carbons (Fsp3) is 0.815. The van der Waals surface area contributed by atoms with Crippen molar-refractivity contribution in [1.29, 1.82) is 0 Å². The quantitative estimate of drug-likeness (QED) is 0.295. The third kappa shape index (κ3) is 8.09. The summed E-state index contributed by atoms with van der Waals surface area (Å²) in [6.07, 6.45) is -1.45. The summed E-state index contributed by atoms with van der Waals surface area (Å²) in [5.74, 6) is -3.15. The molecular weight excluding hydrogens is 531 g/mol. The van der Waals surface area contributed by atoms with Crippen molar-refractivity contribution in [3.63, 3.8) is 0 Å². The number of urea groups is 1. The maximum absolute atomic E-state index is 13.9. The molecule has 0 bridgehead atoms. The summed E-state index contributed by atoms with van der Waals surface area (Å²) in [7, 11) is 0. The van der Waals surface area contributed by atoms with Gasteiger partial charge in [-0.25, -0.2) is 4.79 Å². The van der Waals surface area contributed by atoms with Crippen molar-refractivity contribution in [3.05, 3.63) is 0 Å². The minimum absolute atomic E-state index is 0.0862. The van der Waals surface area contributed by atoms with Gasteiger partial charge in [0.25, 0.3) is 5.91 Å². The van der Waals surface area contributed by atoms with E-state index in [4.69, 9.17) is 5.73 Å². The molecule has 5 N–H and O–H groups in total. The fourth-order valence-corrected chi connectivity index (χ4v) is 4.91. The fourth-order valence-electron chi connectivity index (χ4n) is 4.91. The standard InChI is InChI=1S/C27H44F3N5O5/c1-14(2)16-12-18(22(38)32-17(19(36)21(31)37)11-15-9-8-10-15)35(13-16)23(39)20(25(3,4)5)33-24(40)34-26(6,7)27(28,29)30/h14-18,20H,8-13H2,1-7H3,(H2,31,37)(H,32,38)(H2,33,34,40)/t16-,17?,18+,20-/m1/s1. The van der Waals surface area contributed by atoms with Gasteiger partial charge in [-0.3, -0.25) is 19.2 Å². The molecule has 0 radical (unpaired) electrons. The number of primary amides is 1. The van der Waals surface area contributed by atoms with E-state index in [0.717, 1.165) is 33.1 Å². The molecule has 2 aliphatic rings. The van der Waals surface area contributed by atoms with Crippen LogP contribution in [0, 0.1) is 23.2 Å². The van der Waals surface area contributed by atoms with Gasteiger partial charge in [0, 0.05) is 6.54 Å². The summed E-state index contributed by atoms with van der Waals surface area (Å²) in [6, 6.07) is -4.57. The van der Waals surface area contributed by atoms with Crippen LogP contribution in [-0.2, 0) is 19.2 Å². The highest BCUT2D eigenvalue weighted by molar-refractivity contribution is 6.37. The Kier molecular flexibility index (Phi) is 10.3. The van der Waals surface area contributed by atoms with Gasteiger partial charge in [0.15, 0.2) is 0 Å². The first-order valence-electron chi connectivity index (χ1n) is 13.8. The van der Waals surface area contributed by atoms with Gasteiger partial charge in [-0.05, 0) is 49.9 Å². The second-order valence-electron chi connectivity index (χ2n) is 13.1. The molecule has 0 aromatic heterocycles. The zero-order chi connectivity index (χ0) is 30.8. The predicted octanol–water partition coefficient (Wildman–Crippen LogP) is 2.64. The summed E-state index contributed by atoms with van der Waals surface area (Å²) in [6.45, 7) is 10.6. The number of Topliss-reactive ketones (excluding diaryl/α,β-unsaturated/α-hetero) is 1. The number of rotatable bonds is 10. The Morgan fingerprint density at radius 2 is 1.55 bits per heavy atom. The molecule has 228 valence electrons. The zero-order valence-electron chi connectivity index (χ0n) is 24.4. The van der Waals surface area contributed by atoms with E-state index in [2.05, 4.69) is 10.6 Å². The van der Waals surface area contributed by atoms with E-state index >= 15 is 0 Å². The van der Waals surface area contributed by atoms with Crippen LogP contribution in [0.3, 0.4) is 0 Å². The van der Waals surface area contributed by atoms with Gasteiger partial charge >= 0.3 is 12.2 Å². The van der Waals surface area contributed by atoms with Crippen molar-refractivity contribution >= 4 is 29.5 Å². The normalized spacial score (nSPS) is 21.8. The van der Waals surface area contributed by atoms with Gasteiger partial charge in [-0.15, -0.1) is 0 Å². The van der Waals surface area contributed by atoms with E-state index in [9.17, 15) is 37.1 Å². The Morgan fingerprint density at radius 3 is 1.98 bits per heavy atom. The van der Waals surface area contributed by atoms with Gasteiger partial charge in [0.1, 0.15) is 17.6 Å². The van der Waals surface area contributed by atoms with Crippen LogP contribution in [0.25, 0.3) is 0 Å². The number of hydrogen-bond donors (Lipinski definition) is 4. The average Bonchev–Trinajstić information content (AvgIpc) is 3.22. The number of ketones is 1. The number of alkyl halides is 3. The lowest BCUT2D eigenvalue weighted by molar-refractivity contribution is -0.182. The van der Waals surface area contributed by atoms with Crippen molar-refractivity contribution in [2.45, 2.75) is 110 Å². The summed E-state index contributed by atoms with van der Waals surface area (Å²) in [5.41, 5.74) is 1.74. The van der Waals surface area contributed by atoms with E-state index in [1.807, 2.05) is 19.2 Å². The highest BCUT2D eigenvalue weighted by Gasteiger charge is 2.50. The van der Waals surface area contributed by atoms with Crippen LogP contribution in [0.4, 0.5) is 18.0 Å². The van der Waals surface area contributed by atoms with Crippen molar-refractivity contribution in [2.75, 3.05) is 6.54 Å². The van der Waals surface area contributed by atoms with Crippen molar-refractivity contribution in [1.82, 2.24) is 20.9 Å². The average molecular weight is 576 g/mol. The summed E-state index contributed by atoms with van der Waals surface area (Å²) in [4.78, 5) is 65.5. The van der Waals surface area contributed by atoms with Crippen LogP contribution in [0.2, 0.25) is 0 Å². The van der Waals surface area contributed by atoms with E-state index in [0.29, 0.717) is 0 Å². The van der Waals surface area contributed by atoms with Crippen LogP contribution in [0.15, 0.2) is 0 Å². The minimum Gasteiger partial charge on any atom is -0.363 e. The van der Waals surface area contributed by atoms with E-state index < -0.39 is 64.8 Å². The molecule has 1 heterocycles. The number of likely N-dealkylation sites (tertiary alicyclic amines) is 1.